The molecule has 0 bridgehead atoms. The van der Waals surface area contributed by atoms with E-state index in [9.17, 15) is 20.1 Å². The summed E-state index contributed by atoms with van der Waals surface area (Å²) in [6.45, 7) is 3.94. The fourth-order valence-electron chi connectivity index (χ4n) is 1.83. The fraction of sp³-hybridized carbons (Fsp3) is 0.727. The second-order valence-electron chi connectivity index (χ2n) is 4.25. The molecule has 1 aliphatic rings. The van der Waals surface area contributed by atoms with Crippen molar-refractivity contribution in [2.24, 2.45) is 0 Å². The van der Waals surface area contributed by atoms with Crippen molar-refractivity contribution in [3.63, 3.8) is 0 Å². The molecule has 1 heterocycles. The smallest absolute Gasteiger partial charge is 0.219 e. The van der Waals surface area contributed by atoms with E-state index in [1.54, 1.807) is 0 Å². The van der Waals surface area contributed by atoms with E-state index in [-0.39, 0.29) is 6.61 Å². The molecule has 0 aromatic rings. The predicted octanol–water partition coefficient (Wildman–Crippen LogP) is -2.55. The summed E-state index contributed by atoms with van der Waals surface area (Å²) in [6, 6.07) is 0. The van der Waals surface area contributed by atoms with Crippen LogP contribution in [0.2, 0.25) is 0 Å². The Morgan fingerprint density at radius 2 is 2.21 bits per heavy atom. The van der Waals surface area contributed by atoms with Crippen molar-refractivity contribution >= 4 is 5.91 Å². The van der Waals surface area contributed by atoms with Gasteiger partial charge < -0.3 is 35.2 Å². The molecular weight excluding hydrogens is 258 g/mol. The quantitative estimate of drug-likeness (QED) is 0.276. The van der Waals surface area contributed by atoms with E-state index >= 15 is 0 Å². The third kappa shape index (κ3) is 3.30. The van der Waals surface area contributed by atoms with Crippen LogP contribution >= 0.6 is 0 Å². The van der Waals surface area contributed by atoms with Gasteiger partial charge in [0.2, 0.25) is 17.9 Å². The van der Waals surface area contributed by atoms with Gasteiger partial charge in [-0.25, -0.2) is 0 Å². The first kappa shape index (κ1) is 16.0. The van der Waals surface area contributed by atoms with Gasteiger partial charge in [-0.2, -0.15) is 0 Å². The average Bonchev–Trinajstić information content (AvgIpc) is 2.35. The number of hydrogen-bond acceptors (Lipinski definition) is 7. The number of ether oxygens (including phenoxy) is 2. The normalized spacial score (nSPS) is 38.8. The summed E-state index contributed by atoms with van der Waals surface area (Å²) < 4.78 is 10.3. The highest BCUT2D eigenvalue weighted by atomic mass is 16.7. The average molecular weight is 277 g/mol. The predicted molar refractivity (Wildman–Crippen MR) is 62.7 cm³/mol. The Labute approximate surface area is 110 Å². The van der Waals surface area contributed by atoms with Crippen LogP contribution in [0.1, 0.15) is 6.92 Å². The zero-order chi connectivity index (χ0) is 14.6. The van der Waals surface area contributed by atoms with E-state index in [0.29, 0.717) is 0 Å². The number of rotatable bonds is 5. The van der Waals surface area contributed by atoms with Gasteiger partial charge in [0.15, 0.2) is 0 Å². The lowest BCUT2D eigenvalue weighted by Gasteiger charge is -2.47. The van der Waals surface area contributed by atoms with Gasteiger partial charge in [0.1, 0.15) is 18.3 Å². The van der Waals surface area contributed by atoms with E-state index < -0.39 is 42.8 Å². The maximum atomic E-state index is 11.1. The molecule has 1 aliphatic heterocycles. The molecule has 5 atom stereocenters. The molecule has 1 saturated heterocycles. The monoisotopic (exact) mass is 277 g/mol. The number of carbonyl (C=O) groups excluding carboxylic acids is 1. The third-order valence-corrected chi connectivity index (χ3v) is 2.73. The second kappa shape index (κ2) is 6.42. The van der Waals surface area contributed by atoms with Gasteiger partial charge in [0.05, 0.1) is 13.2 Å². The van der Waals surface area contributed by atoms with Crippen LogP contribution in [0.3, 0.4) is 0 Å². The first-order chi connectivity index (χ1) is 8.86. The van der Waals surface area contributed by atoms with Crippen molar-refractivity contribution in [3.8, 4) is 0 Å². The summed E-state index contributed by atoms with van der Waals surface area (Å²) in [7, 11) is 0. The molecule has 5 N–H and O–H groups in total. The Morgan fingerprint density at radius 3 is 2.68 bits per heavy atom. The zero-order valence-corrected chi connectivity index (χ0v) is 10.5. The molecule has 19 heavy (non-hydrogen) atoms. The molecule has 0 saturated carbocycles. The number of carbonyl (C=O) groups is 1. The van der Waals surface area contributed by atoms with Crippen molar-refractivity contribution in [1.29, 1.82) is 0 Å². The largest absolute Gasteiger partial charge is 0.394 e. The standard InChI is InChI=1S/C11H19NO7/c1-3-4-18-10-11(17,12-6(2)14)9(16)8(15)7(5-13)19-10/h3,7-10,13,15-17H,1,4-5H2,2H3,(H,12,14)/t7-,8-,9+,10-,11-/m1/s1. The van der Waals surface area contributed by atoms with Crippen LogP contribution in [-0.2, 0) is 14.3 Å². The van der Waals surface area contributed by atoms with Crippen LogP contribution < -0.4 is 5.32 Å². The molecule has 1 rings (SSSR count). The minimum atomic E-state index is -2.32. The first-order valence-corrected chi connectivity index (χ1v) is 5.72. The molecule has 0 aromatic heterocycles. The lowest BCUT2D eigenvalue weighted by Crippen LogP contribution is -2.73. The highest BCUT2D eigenvalue weighted by Crippen LogP contribution is 2.29. The molecule has 0 aromatic carbocycles. The lowest BCUT2D eigenvalue weighted by atomic mass is 9.93. The van der Waals surface area contributed by atoms with Gasteiger partial charge in [0, 0.05) is 6.92 Å². The maximum absolute atomic E-state index is 11.1. The Kier molecular flexibility index (Phi) is 5.41. The molecule has 1 amide bonds. The molecule has 0 radical (unpaired) electrons. The Hall–Kier alpha value is -1.03. The van der Waals surface area contributed by atoms with Crippen molar-refractivity contribution in [2.75, 3.05) is 13.2 Å². The summed E-state index contributed by atoms with van der Waals surface area (Å²) in [5.74, 6) is -0.646. The van der Waals surface area contributed by atoms with Gasteiger partial charge in [-0.05, 0) is 0 Å². The van der Waals surface area contributed by atoms with Gasteiger partial charge in [-0.1, -0.05) is 6.08 Å². The molecular formula is C11H19NO7. The van der Waals surface area contributed by atoms with Gasteiger partial charge >= 0.3 is 0 Å². The van der Waals surface area contributed by atoms with Crippen LogP contribution in [-0.4, -0.2) is 69.9 Å². The van der Waals surface area contributed by atoms with Crippen LogP contribution in [0.15, 0.2) is 12.7 Å². The van der Waals surface area contributed by atoms with Crippen molar-refractivity contribution in [1.82, 2.24) is 5.32 Å². The maximum Gasteiger partial charge on any atom is 0.219 e. The van der Waals surface area contributed by atoms with E-state index in [4.69, 9.17) is 14.6 Å². The van der Waals surface area contributed by atoms with Crippen LogP contribution in [0, 0.1) is 0 Å². The number of amides is 1. The van der Waals surface area contributed by atoms with Gasteiger partial charge in [-0.15, -0.1) is 6.58 Å². The van der Waals surface area contributed by atoms with E-state index in [2.05, 4.69) is 11.9 Å². The SMILES string of the molecule is C=CCO[C@@H]1O[C@H](CO)[C@@H](O)[C@H](O)[C@]1(O)NC(C)=O. The molecule has 110 valence electrons. The van der Waals surface area contributed by atoms with Crippen molar-refractivity contribution in [2.45, 2.75) is 37.3 Å². The highest BCUT2D eigenvalue weighted by molar-refractivity contribution is 5.73. The van der Waals surface area contributed by atoms with Crippen molar-refractivity contribution in [3.05, 3.63) is 12.7 Å². The lowest BCUT2D eigenvalue weighted by molar-refractivity contribution is -0.345. The van der Waals surface area contributed by atoms with E-state index in [0.717, 1.165) is 6.92 Å². The Balaban J connectivity index is 2.98. The second-order valence-corrected chi connectivity index (χ2v) is 4.25. The summed E-state index contributed by atoms with van der Waals surface area (Å²) in [5.41, 5.74) is -2.32. The summed E-state index contributed by atoms with van der Waals surface area (Å²) in [5, 5.41) is 41.0. The molecule has 8 nitrogen and oxygen atoms in total. The molecule has 0 spiro atoms. The Bertz CT molecular complexity index is 337. The van der Waals surface area contributed by atoms with Gasteiger partial charge in [0.25, 0.3) is 0 Å². The van der Waals surface area contributed by atoms with Crippen LogP contribution in [0.25, 0.3) is 0 Å². The summed E-state index contributed by atoms with van der Waals surface area (Å²) in [4.78, 5) is 11.1. The van der Waals surface area contributed by atoms with Crippen molar-refractivity contribution < 1.29 is 34.7 Å². The minimum Gasteiger partial charge on any atom is -0.394 e. The van der Waals surface area contributed by atoms with Crippen LogP contribution in [0.4, 0.5) is 0 Å². The minimum absolute atomic E-state index is 0.0203. The number of aliphatic hydroxyl groups excluding tert-OH is 3. The molecule has 0 aliphatic carbocycles. The molecule has 1 fully saturated rings. The topological polar surface area (TPSA) is 128 Å². The zero-order valence-electron chi connectivity index (χ0n) is 10.5. The highest BCUT2D eigenvalue weighted by Gasteiger charge is 2.56. The number of hydrogen-bond donors (Lipinski definition) is 5. The van der Waals surface area contributed by atoms with E-state index in [1.807, 2.05) is 0 Å². The first-order valence-electron chi connectivity index (χ1n) is 5.72. The number of nitrogens with one attached hydrogen (secondary N) is 1. The van der Waals surface area contributed by atoms with Crippen LogP contribution in [0.5, 0.6) is 0 Å². The number of aliphatic hydroxyl groups is 4. The van der Waals surface area contributed by atoms with E-state index in [1.165, 1.54) is 6.08 Å². The summed E-state index contributed by atoms with van der Waals surface area (Å²) in [6.07, 6.45) is -4.57. The molecule has 0 unspecified atom stereocenters. The fourth-order valence-corrected chi connectivity index (χ4v) is 1.83. The Morgan fingerprint density at radius 1 is 1.58 bits per heavy atom. The summed E-state index contributed by atoms with van der Waals surface area (Å²) >= 11 is 0. The van der Waals surface area contributed by atoms with Gasteiger partial charge in [-0.3, -0.25) is 4.79 Å². The third-order valence-electron chi connectivity index (χ3n) is 2.73. The molecule has 8 heteroatoms.